The zero-order valence-corrected chi connectivity index (χ0v) is 14.3. The lowest BCUT2D eigenvalue weighted by molar-refractivity contribution is 0.173. The minimum atomic E-state index is 0.229. The van der Waals surface area contributed by atoms with Crippen molar-refractivity contribution in [1.82, 2.24) is 19.9 Å². The predicted molar refractivity (Wildman–Crippen MR) is 101 cm³/mol. The average Bonchev–Trinajstić information content (AvgIpc) is 3.18. The molecule has 3 aromatic heterocycles. The Morgan fingerprint density at radius 2 is 1.88 bits per heavy atom. The molecule has 0 radical (unpaired) electrons. The second kappa shape index (κ2) is 6.29. The first-order chi connectivity index (χ1) is 12.9. The van der Waals surface area contributed by atoms with Crippen molar-refractivity contribution in [2.24, 2.45) is 0 Å². The van der Waals surface area contributed by atoms with Crippen molar-refractivity contribution in [2.45, 2.75) is 18.9 Å². The highest BCUT2D eigenvalue weighted by atomic mass is 16.5. The fourth-order valence-corrected chi connectivity index (χ4v) is 3.56. The van der Waals surface area contributed by atoms with E-state index in [-0.39, 0.29) is 6.10 Å². The number of pyridine rings is 1. The highest BCUT2D eigenvalue weighted by Gasteiger charge is 2.22. The lowest BCUT2D eigenvalue weighted by atomic mass is 10.1. The molecular weight excluding hydrogens is 326 g/mol. The van der Waals surface area contributed by atoms with E-state index in [0.717, 1.165) is 53.9 Å². The maximum absolute atomic E-state index is 6.29. The number of piperidine rings is 1. The van der Waals surface area contributed by atoms with E-state index < -0.39 is 0 Å². The van der Waals surface area contributed by atoms with Gasteiger partial charge in [-0.15, -0.1) is 0 Å². The molecule has 1 saturated heterocycles. The van der Waals surface area contributed by atoms with Crippen LogP contribution < -0.4 is 9.64 Å². The van der Waals surface area contributed by atoms with E-state index in [9.17, 15) is 0 Å². The number of H-pyrrole nitrogens is 1. The molecule has 0 saturated carbocycles. The van der Waals surface area contributed by atoms with Crippen molar-refractivity contribution < 1.29 is 4.74 Å². The Morgan fingerprint density at radius 1 is 1.00 bits per heavy atom. The van der Waals surface area contributed by atoms with Crippen molar-refractivity contribution in [3.8, 4) is 5.75 Å². The van der Waals surface area contributed by atoms with Crippen LogP contribution in [-0.2, 0) is 0 Å². The fraction of sp³-hybridized carbons (Fsp3) is 0.250. The molecule has 26 heavy (non-hydrogen) atoms. The molecule has 0 atom stereocenters. The topological polar surface area (TPSA) is 66.9 Å². The van der Waals surface area contributed by atoms with Crippen molar-refractivity contribution in [2.75, 3.05) is 18.0 Å². The van der Waals surface area contributed by atoms with Gasteiger partial charge < -0.3 is 14.6 Å². The summed E-state index contributed by atoms with van der Waals surface area (Å²) in [4.78, 5) is 18.8. The first-order valence-corrected chi connectivity index (χ1v) is 8.92. The number of aromatic nitrogens is 4. The minimum absolute atomic E-state index is 0.229. The minimum Gasteiger partial charge on any atom is -0.490 e. The fourth-order valence-electron chi connectivity index (χ4n) is 3.56. The lowest BCUT2D eigenvalue weighted by Gasteiger charge is -2.33. The van der Waals surface area contributed by atoms with Crippen molar-refractivity contribution in [3.63, 3.8) is 0 Å². The zero-order chi connectivity index (χ0) is 17.3. The van der Waals surface area contributed by atoms with Crippen LogP contribution in [0.1, 0.15) is 12.8 Å². The molecule has 1 fully saturated rings. The zero-order valence-electron chi connectivity index (χ0n) is 14.3. The van der Waals surface area contributed by atoms with Gasteiger partial charge in [0.25, 0.3) is 0 Å². The Bertz CT molecular complexity index is 1050. The van der Waals surface area contributed by atoms with E-state index in [1.165, 1.54) is 0 Å². The van der Waals surface area contributed by atoms with Gasteiger partial charge in [0, 0.05) is 55.4 Å². The summed E-state index contributed by atoms with van der Waals surface area (Å²) in [6.45, 7) is 1.85. The number of hydrogen-bond acceptors (Lipinski definition) is 5. The van der Waals surface area contributed by atoms with Gasteiger partial charge in [0.2, 0.25) is 0 Å². The Kier molecular flexibility index (Phi) is 3.66. The van der Waals surface area contributed by atoms with Gasteiger partial charge in [0.05, 0.1) is 0 Å². The molecule has 0 spiro atoms. The number of rotatable bonds is 3. The molecule has 6 nitrogen and oxygen atoms in total. The van der Waals surface area contributed by atoms with Gasteiger partial charge in [-0.2, -0.15) is 0 Å². The summed E-state index contributed by atoms with van der Waals surface area (Å²) >= 11 is 0. The Balaban J connectivity index is 1.29. The summed E-state index contributed by atoms with van der Waals surface area (Å²) in [5.41, 5.74) is 2.64. The van der Waals surface area contributed by atoms with Gasteiger partial charge in [-0.05, 0) is 30.3 Å². The van der Waals surface area contributed by atoms with E-state index in [2.05, 4.69) is 37.0 Å². The first kappa shape index (κ1) is 15.1. The normalized spacial score (nSPS) is 15.6. The molecular formula is C20H19N5O. The van der Waals surface area contributed by atoms with Gasteiger partial charge in [-0.1, -0.05) is 6.07 Å². The molecule has 1 aromatic carbocycles. The molecule has 0 unspecified atom stereocenters. The van der Waals surface area contributed by atoms with Crippen LogP contribution in [0.2, 0.25) is 0 Å². The van der Waals surface area contributed by atoms with E-state index in [0.29, 0.717) is 5.65 Å². The summed E-state index contributed by atoms with van der Waals surface area (Å²) in [5, 5.41) is 1.14. The van der Waals surface area contributed by atoms with Crippen LogP contribution in [-0.4, -0.2) is 39.1 Å². The second-order valence-electron chi connectivity index (χ2n) is 6.57. The average molecular weight is 345 g/mol. The maximum Gasteiger partial charge on any atom is 0.180 e. The molecule has 4 heterocycles. The quantitative estimate of drug-likeness (QED) is 0.615. The standard InChI is InChI=1S/C20H19N5O/c1-2-16-15(6-9-21-16)18(3-1)26-14-7-12-25(13-8-14)19-5-4-17-20(24-19)23-11-10-22-17/h1-6,9-11,14,21H,7-8,12-13H2. The second-order valence-corrected chi connectivity index (χ2v) is 6.57. The van der Waals surface area contributed by atoms with Crippen LogP contribution in [0.4, 0.5) is 5.82 Å². The molecule has 1 aliphatic heterocycles. The van der Waals surface area contributed by atoms with Gasteiger partial charge in [0.15, 0.2) is 5.65 Å². The number of hydrogen-bond donors (Lipinski definition) is 1. The molecule has 4 aromatic rings. The summed E-state index contributed by atoms with van der Waals surface area (Å²) in [7, 11) is 0. The number of anilines is 1. The van der Waals surface area contributed by atoms with E-state index in [4.69, 9.17) is 4.74 Å². The van der Waals surface area contributed by atoms with Gasteiger partial charge in [-0.3, -0.25) is 4.98 Å². The van der Waals surface area contributed by atoms with E-state index in [1.54, 1.807) is 12.4 Å². The van der Waals surface area contributed by atoms with Crippen LogP contribution in [0, 0.1) is 0 Å². The van der Waals surface area contributed by atoms with Gasteiger partial charge >= 0.3 is 0 Å². The Hall–Kier alpha value is -3.15. The molecule has 5 rings (SSSR count). The third kappa shape index (κ3) is 2.73. The van der Waals surface area contributed by atoms with Crippen LogP contribution in [0.5, 0.6) is 5.75 Å². The summed E-state index contributed by atoms with van der Waals surface area (Å²) in [5.74, 6) is 1.92. The highest BCUT2D eigenvalue weighted by Crippen LogP contribution is 2.28. The van der Waals surface area contributed by atoms with Gasteiger partial charge in [0.1, 0.15) is 23.2 Å². The number of benzene rings is 1. The van der Waals surface area contributed by atoms with Crippen molar-refractivity contribution in [1.29, 1.82) is 0 Å². The smallest absolute Gasteiger partial charge is 0.180 e. The van der Waals surface area contributed by atoms with E-state index in [1.807, 2.05) is 30.5 Å². The van der Waals surface area contributed by atoms with Gasteiger partial charge in [-0.25, -0.2) is 9.97 Å². The number of ether oxygens (including phenoxy) is 1. The van der Waals surface area contributed by atoms with Crippen LogP contribution in [0.15, 0.2) is 55.0 Å². The van der Waals surface area contributed by atoms with Crippen molar-refractivity contribution in [3.05, 3.63) is 55.0 Å². The lowest BCUT2D eigenvalue weighted by Crippen LogP contribution is -2.38. The molecule has 130 valence electrons. The predicted octanol–water partition coefficient (Wildman–Crippen LogP) is 3.55. The van der Waals surface area contributed by atoms with Crippen LogP contribution in [0.25, 0.3) is 22.1 Å². The first-order valence-electron chi connectivity index (χ1n) is 8.92. The monoisotopic (exact) mass is 345 g/mol. The van der Waals surface area contributed by atoms with Crippen molar-refractivity contribution >= 4 is 27.9 Å². The summed E-state index contributed by atoms with van der Waals surface area (Å²) in [6.07, 6.45) is 7.50. The largest absolute Gasteiger partial charge is 0.490 e. The van der Waals surface area contributed by atoms with Crippen LogP contribution in [0.3, 0.4) is 0 Å². The Labute approximate surface area is 150 Å². The molecule has 0 amide bonds. The third-order valence-electron chi connectivity index (χ3n) is 4.93. The highest BCUT2D eigenvalue weighted by molar-refractivity contribution is 5.85. The number of nitrogens with zero attached hydrogens (tertiary/aromatic N) is 4. The number of aromatic amines is 1. The Morgan fingerprint density at radius 3 is 2.81 bits per heavy atom. The molecule has 0 aliphatic carbocycles. The summed E-state index contributed by atoms with van der Waals surface area (Å²) in [6, 6.07) is 12.2. The third-order valence-corrected chi connectivity index (χ3v) is 4.93. The van der Waals surface area contributed by atoms with Crippen LogP contribution >= 0.6 is 0 Å². The maximum atomic E-state index is 6.29. The number of nitrogens with one attached hydrogen (secondary N) is 1. The summed E-state index contributed by atoms with van der Waals surface area (Å²) < 4.78 is 6.29. The molecule has 1 aliphatic rings. The van der Waals surface area contributed by atoms with E-state index >= 15 is 0 Å². The number of fused-ring (bicyclic) bond motifs is 2. The SMILES string of the molecule is c1cc(OC2CCN(c3ccc4nccnc4n3)CC2)c2cc[nH]c2c1. The molecule has 0 bridgehead atoms. The molecule has 1 N–H and O–H groups in total. The molecule has 6 heteroatoms.